The molecule has 1 amide bonds. The van der Waals surface area contributed by atoms with E-state index >= 15 is 0 Å². The fourth-order valence-corrected chi connectivity index (χ4v) is 2.35. The lowest BCUT2D eigenvalue weighted by molar-refractivity contribution is -0.153. The quantitative estimate of drug-likeness (QED) is 0.582. The number of nitrogens with zero attached hydrogens (tertiary/aromatic N) is 1. The van der Waals surface area contributed by atoms with Gasteiger partial charge in [0.05, 0.1) is 18.9 Å². The lowest BCUT2D eigenvalue weighted by Gasteiger charge is -2.30. The summed E-state index contributed by atoms with van der Waals surface area (Å²) in [6, 6.07) is 0. The molecule has 1 N–H and O–H groups in total. The monoisotopic (exact) mass is 283 g/mol. The Morgan fingerprint density at radius 3 is 2.35 bits per heavy atom. The number of hydrogen-bond donors (Lipinski definition) is 1. The molecule has 0 saturated carbocycles. The van der Waals surface area contributed by atoms with E-state index in [1.54, 1.807) is 6.08 Å². The van der Waals surface area contributed by atoms with Crippen molar-refractivity contribution < 1.29 is 24.2 Å². The van der Waals surface area contributed by atoms with Crippen molar-refractivity contribution in [2.45, 2.75) is 26.2 Å². The maximum atomic E-state index is 12.5. The summed E-state index contributed by atoms with van der Waals surface area (Å²) in [4.78, 5) is 36.5. The van der Waals surface area contributed by atoms with Crippen molar-refractivity contribution >= 4 is 17.8 Å². The molecule has 112 valence electrons. The summed E-state index contributed by atoms with van der Waals surface area (Å²) in [5.74, 6) is -3.07. The first kappa shape index (κ1) is 16.2. The molecule has 0 aliphatic heterocycles. The highest BCUT2D eigenvalue weighted by atomic mass is 16.5. The first-order chi connectivity index (χ1) is 9.51. The Hall–Kier alpha value is -1.85. The standard InChI is InChI=1S/C14H21NO5/c1-3-8-15(9-12(16)20-2)13(17)10-6-4-5-7-11(10)14(18)19/h4-5,10-11H,3,6-9H2,1-2H3,(H,18,19)/t10-,11+/m1/s1. The van der Waals surface area contributed by atoms with Crippen molar-refractivity contribution in [1.82, 2.24) is 4.90 Å². The van der Waals surface area contributed by atoms with Gasteiger partial charge in [0.15, 0.2) is 0 Å². The van der Waals surface area contributed by atoms with Crippen LogP contribution in [0.1, 0.15) is 26.2 Å². The fraction of sp³-hybridized carbons (Fsp3) is 0.643. The smallest absolute Gasteiger partial charge is 0.325 e. The highest BCUT2D eigenvalue weighted by molar-refractivity contribution is 5.87. The van der Waals surface area contributed by atoms with Gasteiger partial charge in [-0.05, 0) is 19.3 Å². The largest absolute Gasteiger partial charge is 0.481 e. The molecule has 1 aliphatic rings. The fourth-order valence-electron chi connectivity index (χ4n) is 2.35. The van der Waals surface area contributed by atoms with Gasteiger partial charge >= 0.3 is 11.9 Å². The lowest BCUT2D eigenvalue weighted by atomic mass is 9.82. The third kappa shape index (κ3) is 4.08. The van der Waals surface area contributed by atoms with Crippen LogP contribution in [-0.4, -0.2) is 48.1 Å². The van der Waals surface area contributed by atoms with Crippen molar-refractivity contribution in [3.8, 4) is 0 Å². The van der Waals surface area contributed by atoms with Crippen molar-refractivity contribution in [2.75, 3.05) is 20.2 Å². The van der Waals surface area contributed by atoms with E-state index in [9.17, 15) is 19.5 Å². The van der Waals surface area contributed by atoms with E-state index in [-0.39, 0.29) is 12.5 Å². The molecule has 2 atom stereocenters. The molecule has 1 rings (SSSR count). The summed E-state index contributed by atoms with van der Waals surface area (Å²) < 4.78 is 4.58. The summed E-state index contributed by atoms with van der Waals surface area (Å²) in [5.41, 5.74) is 0. The van der Waals surface area contributed by atoms with E-state index in [1.807, 2.05) is 13.0 Å². The van der Waals surface area contributed by atoms with Gasteiger partial charge in [0.1, 0.15) is 6.54 Å². The number of hydrogen-bond acceptors (Lipinski definition) is 4. The molecule has 0 aromatic rings. The average Bonchev–Trinajstić information content (AvgIpc) is 2.45. The van der Waals surface area contributed by atoms with Crippen LogP contribution >= 0.6 is 0 Å². The van der Waals surface area contributed by atoms with Gasteiger partial charge in [0.25, 0.3) is 0 Å². The van der Waals surface area contributed by atoms with E-state index in [4.69, 9.17) is 0 Å². The Labute approximate surface area is 118 Å². The Kier molecular flexibility index (Phi) is 6.21. The number of carboxylic acids is 1. The Morgan fingerprint density at radius 1 is 1.25 bits per heavy atom. The second kappa shape index (κ2) is 7.67. The van der Waals surface area contributed by atoms with Gasteiger partial charge in [-0.25, -0.2) is 0 Å². The SMILES string of the molecule is CCCN(CC(=O)OC)C(=O)[C@@H]1CC=CC[C@@H]1C(=O)O. The number of carbonyl (C=O) groups is 3. The highest BCUT2D eigenvalue weighted by Gasteiger charge is 2.36. The topological polar surface area (TPSA) is 83.9 Å². The van der Waals surface area contributed by atoms with Crippen LogP contribution in [0.25, 0.3) is 0 Å². The summed E-state index contributed by atoms with van der Waals surface area (Å²) in [5, 5.41) is 9.20. The van der Waals surface area contributed by atoms with Crippen LogP contribution < -0.4 is 0 Å². The molecule has 0 fully saturated rings. The molecular formula is C14H21NO5. The molecule has 0 unspecified atom stereocenters. The van der Waals surface area contributed by atoms with Crippen molar-refractivity contribution in [3.63, 3.8) is 0 Å². The number of esters is 1. The van der Waals surface area contributed by atoms with Crippen LogP contribution in [0.4, 0.5) is 0 Å². The molecule has 0 aromatic heterocycles. The van der Waals surface area contributed by atoms with E-state index < -0.39 is 23.8 Å². The van der Waals surface area contributed by atoms with E-state index in [0.717, 1.165) is 0 Å². The molecule has 0 heterocycles. The number of aliphatic carboxylic acids is 1. The molecule has 6 heteroatoms. The van der Waals surface area contributed by atoms with Crippen LogP contribution in [-0.2, 0) is 19.1 Å². The van der Waals surface area contributed by atoms with Gasteiger partial charge in [-0.2, -0.15) is 0 Å². The molecule has 0 spiro atoms. The average molecular weight is 283 g/mol. The number of amides is 1. The van der Waals surface area contributed by atoms with Crippen molar-refractivity contribution in [3.05, 3.63) is 12.2 Å². The van der Waals surface area contributed by atoms with Gasteiger partial charge in [0, 0.05) is 6.54 Å². The van der Waals surface area contributed by atoms with Gasteiger partial charge in [-0.3, -0.25) is 14.4 Å². The summed E-state index contributed by atoms with van der Waals surface area (Å²) in [6.45, 7) is 2.18. The Balaban J connectivity index is 2.83. The molecule has 0 aromatic carbocycles. The minimum atomic E-state index is -0.970. The minimum Gasteiger partial charge on any atom is -0.481 e. The van der Waals surface area contributed by atoms with Gasteiger partial charge in [-0.1, -0.05) is 19.1 Å². The minimum absolute atomic E-state index is 0.129. The lowest BCUT2D eigenvalue weighted by Crippen LogP contribution is -2.44. The molecule has 1 aliphatic carbocycles. The molecule has 0 saturated heterocycles. The second-order valence-corrected chi connectivity index (χ2v) is 4.83. The number of rotatable bonds is 6. The van der Waals surface area contributed by atoms with Gasteiger partial charge in [-0.15, -0.1) is 0 Å². The van der Waals surface area contributed by atoms with E-state index in [0.29, 0.717) is 25.8 Å². The predicted octanol–water partition coefficient (Wildman–Crippen LogP) is 1.06. The third-order valence-corrected chi connectivity index (χ3v) is 3.42. The van der Waals surface area contributed by atoms with Gasteiger partial charge in [0.2, 0.25) is 5.91 Å². The molecule has 0 bridgehead atoms. The number of carboxylic acid groups (broad SMARTS) is 1. The maximum Gasteiger partial charge on any atom is 0.325 e. The van der Waals surface area contributed by atoms with Crippen LogP contribution in [0.5, 0.6) is 0 Å². The zero-order chi connectivity index (χ0) is 15.1. The summed E-state index contributed by atoms with van der Waals surface area (Å²) >= 11 is 0. The Morgan fingerprint density at radius 2 is 1.85 bits per heavy atom. The third-order valence-electron chi connectivity index (χ3n) is 3.42. The molecule has 0 radical (unpaired) electrons. The number of allylic oxidation sites excluding steroid dienone is 2. The normalized spacial score (nSPS) is 21.3. The summed E-state index contributed by atoms with van der Waals surface area (Å²) in [7, 11) is 1.26. The van der Waals surface area contributed by atoms with Gasteiger partial charge < -0.3 is 14.7 Å². The number of carbonyl (C=O) groups excluding carboxylic acids is 2. The highest BCUT2D eigenvalue weighted by Crippen LogP contribution is 2.27. The van der Waals surface area contributed by atoms with Crippen molar-refractivity contribution in [2.24, 2.45) is 11.8 Å². The molecular weight excluding hydrogens is 262 g/mol. The second-order valence-electron chi connectivity index (χ2n) is 4.83. The van der Waals surface area contributed by atoms with Crippen LogP contribution in [0, 0.1) is 11.8 Å². The van der Waals surface area contributed by atoms with Crippen LogP contribution in [0.3, 0.4) is 0 Å². The Bertz CT molecular complexity index is 404. The number of ether oxygens (including phenoxy) is 1. The first-order valence-electron chi connectivity index (χ1n) is 6.74. The van der Waals surface area contributed by atoms with E-state index in [1.165, 1.54) is 12.0 Å². The van der Waals surface area contributed by atoms with Crippen LogP contribution in [0.2, 0.25) is 0 Å². The summed E-state index contributed by atoms with van der Waals surface area (Å²) in [6.07, 6.45) is 5.06. The maximum absolute atomic E-state index is 12.5. The predicted molar refractivity (Wildman–Crippen MR) is 71.9 cm³/mol. The first-order valence-corrected chi connectivity index (χ1v) is 6.74. The number of methoxy groups -OCH3 is 1. The molecule has 20 heavy (non-hydrogen) atoms. The van der Waals surface area contributed by atoms with Crippen LogP contribution in [0.15, 0.2) is 12.2 Å². The zero-order valence-electron chi connectivity index (χ0n) is 11.9. The molecule has 6 nitrogen and oxygen atoms in total. The van der Waals surface area contributed by atoms with Crippen molar-refractivity contribution in [1.29, 1.82) is 0 Å². The zero-order valence-corrected chi connectivity index (χ0v) is 11.9. The van der Waals surface area contributed by atoms with E-state index in [2.05, 4.69) is 4.74 Å².